The van der Waals surface area contributed by atoms with Gasteiger partial charge in [0.2, 0.25) is 5.91 Å². The zero-order valence-corrected chi connectivity index (χ0v) is 10.8. The number of carbonyl (C=O) groups is 1. The molecule has 0 bridgehead atoms. The van der Waals surface area contributed by atoms with Crippen molar-refractivity contribution in [2.45, 2.75) is 19.4 Å². The third-order valence-electron chi connectivity index (χ3n) is 3.01. The minimum atomic E-state index is 0.0562. The first-order valence-electron chi connectivity index (χ1n) is 6.04. The molecule has 1 aliphatic heterocycles. The van der Waals surface area contributed by atoms with Gasteiger partial charge in [-0.3, -0.25) is 9.69 Å². The van der Waals surface area contributed by atoms with Crippen molar-refractivity contribution in [3.63, 3.8) is 0 Å². The smallest absolute Gasteiger partial charge is 0.221 e. The van der Waals surface area contributed by atoms with Crippen molar-refractivity contribution in [1.82, 2.24) is 10.2 Å². The largest absolute Gasteiger partial charge is 0.355 e. The fourth-order valence-electron chi connectivity index (χ4n) is 2.07. The lowest BCUT2D eigenvalue weighted by Gasteiger charge is -2.26. The molecule has 4 nitrogen and oxygen atoms in total. The van der Waals surface area contributed by atoms with Crippen LogP contribution < -0.4 is 11.1 Å². The van der Waals surface area contributed by atoms with Gasteiger partial charge in [0.15, 0.2) is 0 Å². The van der Waals surface area contributed by atoms with E-state index in [9.17, 15) is 4.79 Å². The van der Waals surface area contributed by atoms with Gasteiger partial charge >= 0.3 is 0 Å². The molecule has 0 aliphatic carbocycles. The molecule has 1 amide bonds. The summed E-state index contributed by atoms with van der Waals surface area (Å²) in [7, 11) is 0. The van der Waals surface area contributed by atoms with E-state index in [0.29, 0.717) is 13.0 Å². The number of thiophene rings is 1. The van der Waals surface area contributed by atoms with Gasteiger partial charge in [-0.05, 0) is 23.4 Å². The highest BCUT2D eigenvalue weighted by Gasteiger charge is 2.16. The third-order valence-corrected chi connectivity index (χ3v) is 4.03. The van der Waals surface area contributed by atoms with Gasteiger partial charge in [0, 0.05) is 44.0 Å². The lowest BCUT2D eigenvalue weighted by Crippen LogP contribution is -2.37. The van der Waals surface area contributed by atoms with Crippen molar-refractivity contribution >= 4 is 17.2 Å². The Morgan fingerprint density at radius 1 is 1.59 bits per heavy atom. The zero-order valence-electron chi connectivity index (χ0n) is 9.95. The molecular weight excluding hydrogens is 234 g/mol. The van der Waals surface area contributed by atoms with Crippen molar-refractivity contribution in [3.8, 4) is 0 Å². The summed E-state index contributed by atoms with van der Waals surface area (Å²) in [5.41, 5.74) is 6.77. The van der Waals surface area contributed by atoms with Gasteiger partial charge < -0.3 is 11.1 Å². The van der Waals surface area contributed by atoms with Crippen molar-refractivity contribution in [2.24, 2.45) is 5.73 Å². The number of nitrogens with one attached hydrogen (secondary N) is 1. The summed E-state index contributed by atoms with van der Waals surface area (Å²) < 4.78 is 0. The minimum absolute atomic E-state index is 0.0562. The van der Waals surface area contributed by atoms with Gasteiger partial charge in [0.1, 0.15) is 0 Å². The van der Waals surface area contributed by atoms with Gasteiger partial charge in [0.05, 0.1) is 0 Å². The monoisotopic (exact) mass is 253 g/mol. The molecule has 0 fully saturated rings. The number of hydrogen-bond acceptors (Lipinski definition) is 4. The van der Waals surface area contributed by atoms with Crippen LogP contribution >= 0.6 is 11.3 Å². The highest BCUT2D eigenvalue weighted by atomic mass is 32.1. The molecule has 17 heavy (non-hydrogen) atoms. The van der Waals surface area contributed by atoms with Gasteiger partial charge in [-0.2, -0.15) is 0 Å². The Morgan fingerprint density at radius 3 is 3.29 bits per heavy atom. The first-order valence-corrected chi connectivity index (χ1v) is 6.92. The van der Waals surface area contributed by atoms with Crippen molar-refractivity contribution in [2.75, 3.05) is 26.2 Å². The quantitative estimate of drug-likeness (QED) is 0.806. The zero-order chi connectivity index (χ0) is 12.1. The molecule has 1 aromatic heterocycles. The van der Waals surface area contributed by atoms with Crippen LogP contribution in [0.2, 0.25) is 0 Å². The van der Waals surface area contributed by atoms with E-state index in [0.717, 1.165) is 32.6 Å². The summed E-state index contributed by atoms with van der Waals surface area (Å²) in [5, 5.41) is 5.05. The predicted molar refractivity (Wildman–Crippen MR) is 70.0 cm³/mol. The van der Waals surface area contributed by atoms with E-state index in [2.05, 4.69) is 21.7 Å². The highest BCUT2D eigenvalue weighted by Crippen LogP contribution is 2.23. The van der Waals surface area contributed by atoms with E-state index in [4.69, 9.17) is 5.73 Å². The van der Waals surface area contributed by atoms with E-state index in [1.807, 2.05) is 11.3 Å². The summed E-state index contributed by atoms with van der Waals surface area (Å²) in [6.45, 7) is 4.18. The number of rotatable bonds is 5. The molecule has 0 spiro atoms. The molecular formula is C12H19N3OS. The van der Waals surface area contributed by atoms with Crippen LogP contribution in [0.5, 0.6) is 0 Å². The van der Waals surface area contributed by atoms with Crippen LogP contribution in [0.4, 0.5) is 0 Å². The molecule has 5 heteroatoms. The van der Waals surface area contributed by atoms with Crippen LogP contribution in [0.25, 0.3) is 0 Å². The average molecular weight is 253 g/mol. The summed E-state index contributed by atoms with van der Waals surface area (Å²) in [6.07, 6.45) is 1.57. The summed E-state index contributed by atoms with van der Waals surface area (Å²) in [4.78, 5) is 15.1. The average Bonchev–Trinajstić information content (AvgIpc) is 2.76. The van der Waals surface area contributed by atoms with E-state index >= 15 is 0 Å². The molecule has 94 valence electrons. The fraction of sp³-hybridized carbons (Fsp3) is 0.583. The number of nitrogens with two attached hydrogens (primary N) is 1. The maximum atomic E-state index is 11.2. The Labute approximate surface area is 106 Å². The van der Waals surface area contributed by atoms with Crippen LogP contribution in [0.3, 0.4) is 0 Å². The molecule has 0 saturated carbocycles. The molecule has 2 rings (SSSR count). The molecule has 0 atom stereocenters. The van der Waals surface area contributed by atoms with Gasteiger partial charge in [-0.1, -0.05) is 0 Å². The molecule has 0 saturated heterocycles. The number of carbonyl (C=O) groups excluding carboxylic acids is 1. The number of nitrogens with zero attached hydrogens (tertiary/aromatic N) is 1. The van der Waals surface area contributed by atoms with Crippen molar-refractivity contribution in [3.05, 3.63) is 21.9 Å². The van der Waals surface area contributed by atoms with E-state index in [1.165, 1.54) is 10.4 Å². The molecule has 0 unspecified atom stereocenters. The normalized spacial score (nSPS) is 15.6. The second-order valence-corrected chi connectivity index (χ2v) is 5.28. The maximum absolute atomic E-state index is 11.2. The van der Waals surface area contributed by atoms with Crippen molar-refractivity contribution < 1.29 is 4.79 Å². The number of fused-ring (bicyclic) bond motifs is 1. The summed E-state index contributed by atoms with van der Waals surface area (Å²) >= 11 is 1.85. The van der Waals surface area contributed by atoms with Gasteiger partial charge in [0.25, 0.3) is 0 Å². The van der Waals surface area contributed by atoms with Gasteiger partial charge in [-0.25, -0.2) is 0 Å². The van der Waals surface area contributed by atoms with E-state index < -0.39 is 0 Å². The predicted octanol–water partition coefficient (Wildman–Crippen LogP) is 0.571. The SMILES string of the molecule is NCCC(=O)NCCN1CCc2sccc2C1. The van der Waals surface area contributed by atoms with Crippen LogP contribution in [-0.4, -0.2) is 37.0 Å². The summed E-state index contributed by atoms with van der Waals surface area (Å²) in [6, 6.07) is 2.21. The van der Waals surface area contributed by atoms with Crippen LogP contribution in [0.15, 0.2) is 11.4 Å². The van der Waals surface area contributed by atoms with E-state index in [1.54, 1.807) is 0 Å². The molecule has 3 N–H and O–H groups in total. The number of amides is 1. The van der Waals surface area contributed by atoms with Crippen molar-refractivity contribution in [1.29, 1.82) is 0 Å². The Balaban J connectivity index is 1.70. The molecule has 1 aliphatic rings. The number of hydrogen-bond donors (Lipinski definition) is 2. The second kappa shape index (κ2) is 6.14. The topological polar surface area (TPSA) is 58.4 Å². The molecule has 0 radical (unpaired) electrons. The van der Waals surface area contributed by atoms with Crippen LogP contribution in [0.1, 0.15) is 16.9 Å². The lowest BCUT2D eigenvalue weighted by molar-refractivity contribution is -0.120. The Bertz CT molecular complexity index is 378. The first-order chi connectivity index (χ1) is 8.29. The maximum Gasteiger partial charge on any atom is 0.221 e. The first kappa shape index (κ1) is 12.5. The molecule has 0 aromatic carbocycles. The Morgan fingerprint density at radius 2 is 2.47 bits per heavy atom. The summed E-state index contributed by atoms with van der Waals surface area (Å²) in [5.74, 6) is 0.0562. The lowest BCUT2D eigenvalue weighted by atomic mass is 10.1. The van der Waals surface area contributed by atoms with Crippen LogP contribution in [0, 0.1) is 0 Å². The standard InChI is InChI=1S/C12H19N3OS/c13-4-1-12(16)14-5-7-15-6-2-11-10(9-15)3-8-17-11/h3,8H,1-2,4-7,9,13H2,(H,14,16). The third kappa shape index (κ3) is 3.52. The fourth-order valence-corrected chi connectivity index (χ4v) is 2.96. The molecule has 1 aromatic rings. The van der Waals surface area contributed by atoms with Gasteiger partial charge in [-0.15, -0.1) is 11.3 Å². The second-order valence-electron chi connectivity index (χ2n) is 4.28. The highest BCUT2D eigenvalue weighted by molar-refractivity contribution is 7.10. The van der Waals surface area contributed by atoms with Crippen LogP contribution in [-0.2, 0) is 17.8 Å². The minimum Gasteiger partial charge on any atom is -0.355 e. The Kier molecular flexibility index (Phi) is 4.53. The molecule has 2 heterocycles. The Hall–Kier alpha value is -0.910. The van der Waals surface area contributed by atoms with E-state index in [-0.39, 0.29) is 5.91 Å².